The second-order valence-electron chi connectivity index (χ2n) is 7.41. The highest BCUT2D eigenvalue weighted by Crippen LogP contribution is 2.45. The molecule has 13 nitrogen and oxygen atoms in total. The Kier molecular flexibility index (Phi) is 5.66. The summed E-state index contributed by atoms with van der Waals surface area (Å²) >= 11 is 0. The van der Waals surface area contributed by atoms with Gasteiger partial charge in [0, 0.05) is 17.7 Å². The molecule has 2 atom stereocenters. The van der Waals surface area contributed by atoms with E-state index in [2.05, 4.69) is 0 Å². The molecule has 0 amide bonds. The first-order valence-corrected chi connectivity index (χ1v) is 9.67. The van der Waals surface area contributed by atoms with Gasteiger partial charge in [-0.1, -0.05) is 0 Å². The molecule has 0 spiro atoms. The molecule has 0 radical (unpaired) electrons. The molecule has 0 aliphatic carbocycles. The summed E-state index contributed by atoms with van der Waals surface area (Å²) in [5.74, 6) is -7.28. The molecular weight excluding hydrogens is 475 g/mol. The van der Waals surface area contributed by atoms with Crippen molar-refractivity contribution in [3.8, 4) is 34.5 Å². The van der Waals surface area contributed by atoms with Gasteiger partial charge in [0.15, 0.2) is 23.7 Å². The Morgan fingerprint density at radius 2 is 1.71 bits per heavy atom. The lowest BCUT2D eigenvalue weighted by atomic mass is 9.92. The maximum Gasteiger partial charge on any atom is 0.331 e. The number of aliphatic hydroxyl groups excluding tert-OH is 1. The third-order valence-corrected chi connectivity index (χ3v) is 5.01. The molecule has 2 unspecified atom stereocenters. The number of aromatic nitrogens is 2. The summed E-state index contributed by atoms with van der Waals surface area (Å²) < 4.78 is 24.2. The van der Waals surface area contributed by atoms with Crippen LogP contribution in [0.5, 0.6) is 34.5 Å². The number of phenolic OH excluding ortho intramolecular Hbond substituents is 4. The fraction of sp³-hybridized carbons (Fsp3) is 0.143. The van der Waals surface area contributed by atoms with Gasteiger partial charge in [-0.25, -0.2) is 9.59 Å². The van der Waals surface area contributed by atoms with Crippen molar-refractivity contribution in [2.24, 2.45) is 0 Å². The highest BCUT2D eigenvalue weighted by Gasteiger charge is 2.40. The van der Waals surface area contributed by atoms with Crippen LogP contribution in [0.2, 0.25) is 0 Å². The third kappa shape index (κ3) is 4.24. The first kappa shape index (κ1) is 23.3. The second-order valence-corrected chi connectivity index (χ2v) is 7.41. The summed E-state index contributed by atoms with van der Waals surface area (Å²) in [4.78, 5) is 49.0. The summed E-state index contributed by atoms with van der Waals surface area (Å²) in [6.07, 6.45) is -2.91. The van der Waals surface area contributed by atoms with Gasteiger partial charge in [-0.2, -0.15) is 4.39 Å². The van der Waals surface area contributed by atoms with E-state index in [-0.39, 0.29) is 16.9 Å². The standard InChI is InChI=1S/C21H15FN2O11/c22-9-5-24(21(33)23-20(9)32)6-14(29)35-19-11(27)1-7(2-12(19)28)18-17(31)16(30)15-10(26)3-8(25)4-13(15)34-18/h1-5,17-18,25-28,31H,6H2,(H,23,32,33). The smallest absolute Gasteiger partial charge is 0.331 e. The number of hydrogen-bond acceptors (Lipinski definition) is 11. The average molecular weight is 490 g/mol. The Balaban J connectivity index is 1.60. The average Bonchev–Trinajstić information content (AvgIpc) is 2.76. The number of esters is 1. The topological polar surface area (TPSA) is 209 Å². The van der Waals surface area contributed by atoms with Crippen molar-refractivity contribution in [3.05, 3.63) is 68.2 Å². The number of Topliss-reactive ketones (excluding diaryl/α,β-unsaturated/α-hetero) is 1. The number of aromatic amines is 1. The molecule has 182 valence electrons. The molecule has 2 heterocycles. The number of nitrogens with zero attached hydrogens (tertiary/aromatic N) is 1. The van der Waals surface area contributed by atoms with Gasteiger partial charge >= 0.3 is 11.7 Å². The Morgan fingerprint density at radius 1 is 1.06 bits per heavy atom. The number of rotatable bonds is 4. The van der Waals surface area contributed by atoms with Gasteiger partial charge in [0.2, 0.25) is 17.3 Å². The van der Waals surface area contributed by atoms with Gasteiger partial charge in [0.25, 0.3) is 5.56 Å². The maximum absolute atomic E-state index is 13.4. The first-order chi connectivity index (χ1) is 16.5. The number of fused-ring (bicyclic) bond motifs is 1. The molecule has 35 heavy (non-hydrogen) atoms. The van der Waals surface area contributed by atoms with E-state index < -0.39 is 76.3 Å². The van der Waals surface area contributed by atoms with E-state index in [1.807, 2.05) is 0 Å². The minimum absolute atomic E-state index is 0.145. The van der Waals surface area contributed by atoms with E-state index in [0.717, 1.165) is 24.3 Å². The molecule has 0 fully saturated rings. The van der Waals surface area contributed by atoms with Crippen LogP contribution in [0.4, 0.5) is 4.39 Å². The van der Waals surface area contributed by atoms with Gasteiger partial charge in [-0.3, -0.25) is 19.1 Å². The quantitative estimate of drug-likeness (QED) is 0.208. The van der Waals surface area contributed by atoms with E-state index in [9.17, 15) is 49.1 Å². The molecule has 0 bridgehead atoms. The second kappa shape index (κ2) is 8.49. The molecule has 4 rings (SSSR count). The summed E-state index contributed by atoms with van der Waals surface area (Å²) in [5, 5.41) is 50.4. The first-order valence-electron chi connectivity index (χ1n) is 9.67. The SMILES string of the molecule is O=C(Cn1cc(F)c(=O)[nH]c1=O)Oc1c(O)cc(C2Oc3cc(O)cc(O)c3C(=O)C2O)cc1O. The number of ether oxygens (including phenoxy) is 2. The zero-order valence-electron chi connectivity index (χ0n) is 17.3. The molecule has 0 saturated carbocycles. The van der Waals surface area contributed by atoms with Gasteiger partial charge in [0.1, 0.15) is 29.4 Å². The van der Waals surface area contributed by atoms with Gasteiger partial charge in [0.05, 0.1) is 6.20 Å². The number of hydrogen-bond donors (Lipinski definition) is 6. The highest BCUT2D eigenvalue weighted by molar-refractivity contribution is 6.05. The van der Waals surface area contributed by atoms with E-state index in [1.54, 1.807) is 4.98 Å². The van der Waals surface area contributed by atoms with E-state index in [4.69, 9.17) is 9.47 Å². The predicted octanol–water partition coefficient (Wildman–Crippen LogP) is -0.219. The number of H-pyrrole nitrogens is 1. The van der Waals surface area contributed by atoms with Gasteiger partial charge < -0.3 is 35.0 Å². The fourth-order valence-electron chi connectivity index (χ4n) is 3.44. The number of nitrogens with one attached hydrogen (secondary N) is 1. The molecule has 3 aromatic rings. The maximum atomic E-state index is 13.4. The molecule has 2 aromatic carbocycles. The summed E-state index contributed by atoms with van der Waals surface area (Å²) in [6, 6.07) is 3.71. The van der Waals surface area contributed by atoms with Crippen LogP contribution in [-0.2, 0) is 11.3 Å². The van der Waals surface area contributed by atoms with Crippen molar-refractivity contribution >= 4 is 11.8 Å². The van der Waals surface area contributed by atoms with Crippen LogP contribution in [-0.4, -0.2) is 52.9 Å². The minimum Gasteiger partial charge on any atom is -0.508 e. The fourth-order valence-corrected chi connectivity index (χ4v) is 3.44. The van der Waals surface area contributed by atoms with E-state index in [0.29, 0.717) is 10.8 Å². The Hall–Kier alpha value is -4.85. The Labute approximate surface area is 192 Å². The van der Waals surface area contributed by atoms with Crippen LogP contribution in [0.3, 0.4) is 0 Å². The molecule has 14 heteroatoms. The van der Waals surface area contributed by atoms with Crippen molar-refractivity contribution in [2.75, 3.05) is 0 Å². The van der Waals surface area contributed by atoms with Crippen LogP contribution >= 0.6 is 0 Å². The van der Waals surface area contributed by atoms with Crippen LogP contribution in [0.25, 0.3) is 0 Å². The summed E-state index contributed by atoms with van der Waals surface area (Å²) in [5.41, 5.74) is -2.92. The number of carbonyl (C=O) groups excluding carboxylic acids is 2. The lowest BCUT2D eigenvalue weighted by molar-refractivity contribution is -0.135. The van der Waals surface area contributed by atoms with Crippen molar-refractivity contribution in [1.29, 1.82) is 0 Å². The number of ketones is 1. The Morgan fingerprint density at radius 3 is 2.37 bits per heavy atom. The monoisotopic (exact) mass is 490 g/mol. The number of carbonyl (C=O) groups is 2. The van der Waals surface area contributed by atoms with Crippen molar-refractivity contribution < 1.29 is 49.0 Å². The van der Waals surface area contributed by atoms with Gasteiger partial charge in [-0.05, 0) is 12.1 Å². The van der Waals surface area contributed by atoms with Crippen molar-refractivity contribution in [3.63, 3.8) is 0 Å². The minimum atomic E-state index is -1.88. The van der Waals surface area contributed by atoms with Crippen molar-refractivity contribution in [2.45, 2.75) is 18.8 Å². The number of aromatic hydroxyl groups is 4. The van der Waals surface area contributed by atoms with Crippen LogP contribution in [0.1, 0.15) is 22.0 Å². The summed E-state index contributed by atoms with van der Waals surface area (Å²) in [6.45, 7) is -0.893. The molecule has 1 aromatic heterocycles. The van der Waals surface area contributed by atoms with Crippen molar-refractivity contribution in [1.82, 2.24) is 9.55 Å². The van der Waals surface area contributed by atoms with Crippen LogP contribution in [0, 0.1) is 5.82 Å². The normalized spacial score (nSPS) is 16.9. The molecule has 6 N–H and O–H groups in total. The van der Waals surface area contributed by atoms with E-state index >= 15 is 0 Å². The number of aliphatic hydroxyl groups is 1. The van der Waals surface area contributed by atoms with Gasteiger partial charge in [-0.15, -0.1) is 0 Å². The molecular formula is C21H15FN2O11. The largest absolute Gasteiger partial charge is 0.508 e. The molecule has 1 aliphatic heterocycles. The Bertz CT molecular complexity index is 1470. The lowest BCUT2D eigenvalue weighted by Gasteiger charge is -2.30. The summed E-state index contributed by atoms with van der Waals surface area (Å²) in [7, 11) is 0. The highest BCUT2D eigenvalue weighted by atomic mass is 19.1. The lowest BCUT2D eigenvalue weighted by Crippen LogP contribution is -2.36. The predicted molar refractivity (Wildman–Crippen MR) is 110 cm³/mol. The zero-order valence-corrected chi connectivity index (χ0v) is 17.3. The van der Waals surface area contributed by atoms with Crippen LogP contribution in [0.15, 0.2) is 40.1 Å². The molecule has 1 aliphatic rings. The number of benzene rings is 2. The number of halogens is 1. The third-order valence-electron chi connectivity index (χ3n) is 5.01. The van der Waals surface area contributed by atoms with E-state index in [1.165, 1.54) is 0 Å². The molecule has 0 saturated heterocycles. The van der Waals surface area contributed by atoms with Crippen LogP contribution < -0.4 is 20.7 Å². The zero-order chi connectivity index (χ0) is 25.6. The number of phenols is 4.